The number of hydrogen-bond acceptors (Lipinski definition) is 6. The van der Waals surface area contributed by atoms with E-state index < -0.39 is 17.7 Å². The molecular weight excluding hydrogens is 396 g/mol. The highest BCUT2D eigenvalue weighted by atomic mass is 35.5. The average Bonchev–Trinajstić information content (AvgIpc) is 3.23. The molecule has 1 aliphatic heterocycles. The maximum absolute atomic E-state index is 12.8. The monoisotopic (exact) mass is 416 g/mol. The highest BCUT2D eigenvalue weighted by molar-refractivity contribution is 6.34. The predicted molar refractivity (Wildman–Crippen MR) is 109 cm³/mol. The van der Waals surface area contributed by atoms with Crippen LogP contribution in [0.5, 0.6) is 0 Å². The Hall–Kier alpha value is -3.20. The molecule has 3 amide bonds. The molecule has 0 radical (unpaired) electrons. The minimum Gasteiger partial charge on any atom is -0.370 e. The summed E-state index contributed by atoms with van der Waals surface area (Å²) >= 11 is 6.14. The van der Waals surface area contributed by atoms with Gasteiger partial charge in [0.25, 0.3) is 11.8 Å². The van der Waals surface area contributed by atoms with Crippen LogP contribution in [-0.2, 0) is 4.79 Å². The summed E-state index contributed by atoms with van der Waals surface area (Å²) in [5.74, 6) is -1.04. The van der Waals surface area contributed by atoms with Crippen molar-refractivity contribution in [3.05, 3.63) is 46.7 Å². The molecule has 2 heterocycles. The second-order valence-electron chi connectivity index (χ2n) is 6.53. The molecule has 29 heavy (non-hydrogen) atoms. The van der Waals surface area contributed by atoms with E-state index in [4.69, 9.17) is 17.3 Å². The average molecular weight is 417 g/mol. The number of nitrogens with one attached hydrogen (secondary N) is 2. The topological polar surface area (TPSA) is 130 Å². The van der Waals surface area contributed by atoms with E-state index in [1.807, 2.05) is 4.90 Å². The van der Waals surface area contributed by atoms with Gasteiger partial charge in [-0.3, -0.25) is 14.4 Å². The van der Waals surface area contributed by atoms with Crippen molar-refractivity contribution in [2.75, 3.05) is 29.9 Å². The predicted octanol–water partition coefficient (Wildman–Crippen LogP) is 1.59. The SMILES string of the molecule is NC(=O)CCNC(=O)c1ccccc1NC(=O)c1nc(N2CCCC2)ncc1Cl. The minimum absolute atomic E-state index is 0.0239. The fourth-order valence-electron chi connectivity index (χ4n) is 2.95. The van der Waals surface area contributed by atoms with Crippen LogP contribution in [0, 0.1) is 0 Å². The van der Waals surface area contributed by atoms with Crippen LogP contribution in [0.15, 0.2) is 30.5 Å². The summed E-state index contributed by atoms with van der Waals surface area (Å²) < 4.78 is 0. The normalized spacial score (nSPS) is 13.2. The standard InChI is InChI=1S/C19H21ClN6O3/c20-13-11-23-19(26-9-3-4-10-26)25-16(13)18(29)24-14-6-2-1-5-12(14)17(28)22-8-7-15(21)27/h1-2,5-6,11H,3-4,7-10H2,(H2,21,27)(H,22,28)(H,24,29). The van der Waals surface area contributed by atoms with Gasteiger partial charge < -0.3 is 21.3 Å². The Morgan fingerprint density at radius 2 is 1.86 bits per heavy atom. The Kier molecular flexibility index (Phi) is 6.61. The molecule has 9 nitrogen and oxygen atoms in total. The van der Waals surface area contributed by atoms with Crippen LogP contribution >= 0.6 is 11.6 Å². The van der Waals surface area contributed by atoms with Gasteiger partial charge in [-0.15, -0.1) is 0 Å². The molecule has 1 saturated heterocycles. The Morgan fingerprint density at radius 1 is 1.14 bits per heavy atom. The lowest BCUT2D eigenvalue weighted by Gasteiger charge is -2.16. The maximum Gasteiger partial charge on any atom is 0.276 e. The minimum atomic E-state index is -0.546. The van der Waals surface area contributed by atoms with Crippen LogP contribution in [-0.4, -0.2) is 47.3 Å². The number of primary amides is 1. The van der Waals surface area contributed by atoms with E-state index in [-0.39, 0.29) is 29.2 Å². The van der Waals surface area contributed by atoms with Crippen LogP contribution in [0.4, 0.5) is 11.6 Å². The van der Waals surface area contributed by atoms with Crippen molar-refractivity contribution in [2.24, 2.45) is 5.73 Å². The first-order valence-corrected chi connectivity index (χ1v) is 9.58. The lowest BCUT2D eigenvalue weighted by molar-refractivity contribution is -0.117. The van der Waals surface area contributed by atoms with Gasteiger partial charge in [0.05, 0.1) is 22.5 Å². The van der Waals surface area contributed by atoms with Crippen molar-refractivity contribution in [1.29, 1.82) is 0 Å². The molecule has 3 rings (SSSR count). The molecule has 0 bridgehead atoms. The molecule has 0 aliphatic carbocycles. The number of anilines is 2. The van der Waals surface area contributed by atoms with Crippen molar-refractivity contribution >= 4 is 41.0 Å². The van der Waals surface area contributed by atoms with Gasteiger partial charge in [-0.2, -0.15) is 0 Å². The molecule has 1 aromatic carbocycles. The van der Waals surface area contributed by atoms with Gasteiger partial charge >= 0.3 is 0 Å². The number of para-hydroxylation sites is 1. The molecule has 0 saturated carbocycles. The van der Waals surface area contributed by atoms with Crippen LogP contribution in [0.3, 0.4) is 0 Å². The molecule has 1 aromatic heterocycles. The number of aromatic nitrogens is 2. The van der Waals surface area contributed by atoms with Gasteiger partial charge in [0.1, 0.15) is 0 Å². The number of amides is 3. The smallest absolute Gasteiger partial charge is 0.276 e. The first-order chi connectivity index (χ1) is 14.0. The number of benzene rings is 1. The van der Waals surface area contributed by atoms with E-state index in [0.717, 1.165) is 25.9 Å². The van der Waals surface area contributed by atoms with Crippen molar-refractivity contribution in [3.63, 3.8) is 0 Å². The molecule has 10 heteroatoms. The highest BCUT2D eigenvalue weighted by Crippen LogP contribution is 2.22. The van der Waals surface area contributed by atoms with Gasteiger partial charge in [0.2, 0.25) is 11.9 Å². The Bertz CT molecular complexity index is 930. The van der Waals surface area contributed by atoms with E-state index in [1.54, 1.807) is 24.3 Å². The highest BCUT2D eigenvalue weighted by Gasteiger charge is 2.21. The number of nitrogens with zero attached hydrogens (tertiary/aromatic N) is 3. The third-order valence-corrected chi connectivity index (χ3v) is 4.69. The summed E-state index contributed by atoms with van der Waals surface area (Å²) in [5.41, 5.74) is 5.65. The lowest BCUT2D eigenvalue weighted by Crippen LogP contribution is -2.29. The third-order valence-electron chi connectivity index (χ3n) is 4.41. The summed E-state index contributed by atoms with van der Waals surface area (Å²) in [6.45, 7) is 1.77. The van der Waals surface area contributed by atoms with E-state index in [9.17, 15) is 14.4 Å². The fourth-order valence-corrected chi connectivity index (χ4v) is 3.13. The molecule has 152 valence electrons. The second-order valence-corrected chi connectivity index (χ2v) is 6.94. The van der Waals surface area contributed by atoms with E-state index in [1.165, 1.54) is 6.20 Å². The summed E-state index contributed by atoms with van der Waals surface area (Å²) in [5, 5.41) is 5.39. The number of halogens is 1. The van der Waals surface area contributed by atoms with Gasteiger partial charge in [-0.05, 0) is 25.0 Å². The van der Waals surface area contributed by atoms with Crippen molar-refractivity contribution in [1.82, 2.24) is 15.3 Å². The van der Waals surface area contributed by atoms with Crippen LogP contribution in [0.2, 0.25) is 5.02 Å². The maximum atomic E-state index is 12.8. The Balaban J connectivity index is 1.76. The lowest BCUT2D eigenvalue weighted by atomic mass is 10.1. The van der Waals surface area contributed by atoms with Gasteiger partial charge in [0.15, 0.2) is 5.69 Å². The van der Waals surface area contributed by atoms with Crippen LogP contribution < -0.4 is 21.3 Å². The quantitative estimate of drug-likeness (QED) is 0.628. The van der Waals surface area contributed by atoms with E-state index >= 15 is 0 Å². The van der Waals surface area contributed by atoms with Crippen molar-refractivity contribution in [3.8, 4) is 0 Å². The zero-order valence-electron chi connectivity index (χ0n) is 15.7. The molecule has 1 fully saturated rings. The zero-order valence-corrected chi connectivity index (χ0v) is 16.4. The van der Waals surface area contributed by atoms with Crippen LogP contribution in [0.25, 0.3) is 0 Å². The molecule has 2 aromatic rings. The van der Waals surface area contributed by atoms with Crippen molar-refractivity contribution < 1.29 is 14.4 Å². The van der Waals surface area contributed by atoms with E-state index in [2.05, 4.69) is 20.6 Å². The number of carbonyl (C=O) groups is 3. The number of hydrogen-bond donors (Lipinski definition) is 3. The molecule has 0 unspecified atom stereocenters. The molecular formula is C19H21ClN6O3. The number of nitrogens with two attached hydrogens (primary N) is 1. The molecule has 1 aliphatic rings. The fraction of sp³-hybridized carbons (Fsp3) is 0.316. The first-order valence-electron chi connectivity index (χ1n) is 9.20. The second kappa shape index (κ2) is 9.33. The summed E-state index contributed by atoms with van der Waals surface area (Å²) in [7, 11) is 0. The van der Waals surface area contributed by atoms with Crippen molar-refractivity contribution in [2.45, 2.75) is 19.3 Å². The zero-order chi connectivity index (χ0) is 20.8. The molecule has 0 atom stereocenters. The van der Waals surface area contributed by atoms with E-state index in [0.29, 0.717) is 11.6 Å². The molecule has 4 N–H and O–H groups in total. The third kappa shape index (κ3) is 5.20. The summed E-state index contributed by atoms with van der Waals surface area (Å²) in [6, 6.07) is 6.51. The Labute approximate surface area is 172 Å². The van der Waals surface area contributed by atoms with Gasteiger partial charge in [0, 0.05) is 26.1 Å². The van der Waals surface area contributed by atoms with Gasteiger partial charge in [-0.25, -0.2) is 9.97 Å². The first kappa shape index (κ1) is 20.5. The van der Waals surface area contributed by atoms with Crippen LogP contribution in [0.1, 0.15) is 40.1 Å². The largest absolute Gasteiger partial charge is 0.370 e. The summed E-state index contributed by atoms with van der Waals surface area (Å²) in [4.78, 5) is 46.5. The Morgan fingerprint density at radius 3 is 2.59 bits per heavy atom. The summed E-state index contributed by atoms with van der Waals surface area (Å²) in [6.07, 6.45) is 3.52. The molecule has 0 spiro atoms. The van der Waals surface area contributed by atoms with Gasteiger partial charge in [-0.1, -0.05) is 23.7 Å². The number of rotatable bonds is 7. The number of carbonyl (C=O) groups excluding carboxylic acids is 3.